The summed E-state index contributed by atoms with van der Waals surface area (Å²) in [5.74, 6) is -1.91. The second kappa shape index (κ2) is 4.55. The van der Waals surface area contributed by atoms with Crippen LogP contribution in [0, 0.1) is 11.6 Å². The smallest absolute Gasteiger partial charge is 0.182 e. The highest BCUT2D eigenvalue weighted by atomic mass is 19.2. The van der Waals surface area contributed by atoms with Crippen molar-refractivity contribution in [1.82, 2.24) is 0 Å². The average Bonchev–Trinajstić information content (AvgIpc) is 2.20. The third kappa shape index (κ3) is 2.24. The van der Waals surface area contributed by atoms with Crippen LogP contribution >= 0.6 is 0 Å². The number of hydrogen-bond acceptors (Lipinski definition) is 3. The van der Waals surface area contributed by atoms with Crippen molar-refractivity contribution in [2.45, 2.75) is 6.10 Å². The first-order valence-corrected chi connectivity index (χ1v) is 4.52. The maximum absolute atomic E-state index is 13.4. The molecule has 0 fully saturated rings. The first kappa shape index (κ1) is 11.9. The van der Waals surface area contributed by atoms with Gasteiger partial charge in [0.1, 0.15) is 0 Å². The van der Waals surface area contributed by atoms with Crippen molar-refractivity contribution in [3.8, 4) is 0 Å². The molecule has 0 aromatic heterocycles. The summed E-state index contributed by atoms with van der Waals surface area (Å²) in [7, 11) is 3.15. The number of halogens is 2. The monoisotopic (exact) mass is 216 g/mol. The molecule has 0 bridgehead atoms. The van der Waals surface area contributed by atoms with Crippen LogP contribution in [0.5, 0.6) is 0 Å². The number of benzene rings is 1. The molecule has 0 amide bonds. The summed E-state index contributed by atoms with van der Waals surface area (Å²) in [6.07, 6.45) is -0.988. The lowest BCUT2D eigenvalue weighted by atomic mass is 10.1. The van der Waals surface area contributed by atoms with Crippen molar-refractivity contribution in [1.29, 1.82) is 0 Å². The molecule has 0 saturated carbocycles. The highest BCUT2D eigenvalue weighted by Gasteiger charge is 2.19. The Labute approximate surface area is 87.1 Å². The summed E-state index contributed by atoms with van der Waals surface area (Å²) in [4.78, 5) is 1.41. The lowest BCUT2D eigenvalue weighted by Gasteiger charge is -2.21. The van der Waals surface area contributed by atoms with Crippen molar-refractivity contribution in [2.24, 2.45) is 5.73 Å². The van der Waals surface area contributed by atoms with Gasteiger partial charge in [0, 0.05) is 26.2 Å². The van der Waals surface area contributed by atoms with Gasteiger partial charge >= 0.3 is 0 Å². The molecule has 0 saturated heterocycles. The standard InChI is InChI=1S/C10H14F2N2O/c1-14(2)10-6(8(15)5-13)3-4-7(11)9(10)12/h3-4,8,15H,5,13H2,1-2H3/t8-/m1/s1. The van der Waals surface area contributed by atoms with Crippen LogP contribution in [-0.2, 0) is 0 Å². The third-order valence-electron chi connectivity index (χ3n) is 2.13. The second-order valence-corrected chi connectivity index (χ2v) is 3.45. The maximum Gasteiger partial charge on any atom is 0.182 e. The molecule has 3 nitrogen and oxygen atoms in total. The van der Waals surface area contributed by atoms with Gasteiger partial charge in [-0.05, 0) is 6.07 Å². The Balaban J connectivity index is 3.33. The number of anilines is 1. The molecular formula is C10H14F2N2O. The minimum absolute atomic E-state index is 0.0351. The molecule has 1 atom stereocenters. The number of nitrogens with two attached hydrogens (primary N) is 1. The van der Waals surface area contributed by atoms with Crippen molar-refractivity contribution >= 4 is 5.69 Å². The highest BCUT2D eigenvalue weighted by molar-refractivity contribution is 5.55. The Kier molecular flexibility index (Phi) is 3.60. The van der Waals surface area contributed by atoms with Gasteiger partial charge < -0.3 is 15.7 Å². The SMILES string of the molecule is CN(C)c1c([C@H](O)CN)ccc(F)c1F. The summed E-state index contributed by atoms with van der Waals surface area (Å²) < 4.78 is 26.4. The van der Waals surface area contributed by atoms with E-state index in [2.05, 4.69) is 0 Å². The molecule has 1 rings (SSSR count). The highest BCUT2D eigenvalue weighted by Crippen LogP contribution is 2.29. The molecule has 1 aromatic carbocycles. The minimum Gasteiger partial charge on any atom is -0.387 e. The third-order valence-corrected chi connectivity index (χ3v) is 2.13. The van der Waals surface area contributed by atoms with Crippen LogP contribution in [0.1, 0.15) is 11.7 Å². The van der Waals surface area contributed by atoms with Gasteiger partial charge in [-0.2, -0.15) is 0 Å². The zero-order valence-electron chi connectivity index (χ0n) is 8.67. The van der Waals surface area contributed by atoms with Crippen LogP contribution in [0.4, 0.5) is 14.5 Å². The summed E-state index contributed by atoms with van der Waals surface area (Å²) in [6.45, 7) is -0.0358. The van der Waals surface area contributed by atoms with Crippen LogP contribution in [0.2, 0.25) is 0 Å². The van der Waals surface area contributed by atoms with E-state index < -0.39 is 17.7 Å². The molecule has 5 heteroatoms. The minimum atomic E-state index is -0.988. The lowest BCUT2D eigenvalue weighted by Crippen LogP contribution is -2.19. The average molecular weight is 216 g/mol. The van der Waals surface area contributed by atoms with Gasteiger partial charge in [-0.3, -0.25) is 0 Å². The van der Waals surface area contributed by atoms with Gasteiger partial charge in [0.25, 0.3) is 0 Å². The van der Waals surface area contributed by atoms with Gasteiger partial charge in [-0.25, -0.2) is 8.78 Å². The quantitative estimate of drug-likeness (QED) is 0.793. The molecule has 1 aromatic rings. The zero-order valence-corrected chi connectivity index (χ0v) is 8.67. The van der Waals surface area contributed by atoms with E-state index >= 15 is 0 Å². The first-order chi connectivity index (χ1) is 6.99. The van der Waals surface area contributed by atoms with Gasteiger partial charge in [0.05, 0.1) is 11.8 Å². The fourth-order valence-electron chi connectivity index (χ4n) is 1.41. The largest absolute Gasteiger partial charge is 0.387 e. The molecule has 0 radical (unpaired) electrons. The van der Waals surface area contributed by atoms with Crippen molar-refractivity contribution in [3.05, 3.63) is 29.3 Å². The van der Waals surface area contributed by atoms with Gasteiger partial charge in [0.2, 0.25) is 0 Å². The Morgan fingerprint density at radius 1 is 1.40 bits per heavy atom. The summed E-state index contributed by atoms with van der Waals surface area (Å²) in [5, 5.41) is 9.53. The summed E-state index contributed by atoms with van der Waals surface area (Å²) in [6, 6.07) is 2.32. The molecule has 0 aliphatic rings. The summed E-state index contributed by atoms with van der Waals surface area (Å²) in [5.41, 5.74) is 5.60. The number of aliphatic hydroxyl groups is 1. The Morgan fingerprint density at radius 3 is 2.47 bits per heavy atom. The molecule has 0 aliphatic heterocycles. The van der Waals surface area contributed by atoms with Crippen LogP contribution in [0.15, 0.2) is 12.1 Å². The predicted octanol–water partition coefficient (Wildman–Crippen LogP) is 1.02. The number of nitrogens with zero attached hydrogens (tertiary/aromatic N) is 1. The molecule has 0 heterocycles. The van der Waals surface area contributed by atoms with E-state index in [-0.39, 0.29) is 12.2 Å². The summed E-state index contributed by atoms with van der Waals surface area (Å²) >= 11 is 0. The van der Waals surface area contributed by atoms with E-state index in [9.17, 15) is 13.9 Å². The number of rotatable bonds is 3. The van der Waals surface area contributed by atoms with Crippen LogP contribution in [0.25, 0.3) is 0 Å². The Hall–Kier alpha value is -1.20. The van der Waals surface area contributed by atoms with Crippen LogP contribution in [0.3, 0.4) is 0 Å². The topological polar surface area (TPSA) is 49.5 Å². The molecule has 84 valence electrons. The van der Waals surface area contributed by atoms with E-state index in [0.29, 0.717) is 5.56 Å². The van der Waals surface area contributed by atoms with Crippen LogP contribution in [-0.4, -0.2) is 25.7 Å². The molecule has 0 aliphatic carbocycles. The molecule has 15 heavy (non-hydrogen) atoms. The van der Waals surface area contributed by atoms with Gasteiger partial charge in [-0.15, -0.1) is 0 Å². The van der Waals surface area contributed by atoms with Crippen LogP contribution < -0.4 is 10.6 Å². The van der Waals surface area contributed by atoms with E-state index in [1.165, 1.54) is 11.0 Å². The van der Waals surface area contributed by atoms with Gasteiger partial charge in [-0.1, -0.05) is 6.07 Å². The molecule has 0 spiro atoms. The Morgan fingerprint density at radius 2 is 2.00 bits per heavy atom. The fourth-order valence-corrected chi connectivity index (χ4v) is 1.41. The van der Waals surface area contributed by atoms with E-state index in [1.807, 2.05) is 0 Å². The van der Waals surface area contributed by atoms with E-state index in [0.717, 1.165) is 6.07 Å². The first-order valence-electron chi connectivity index (χ1n) is 4.52. The normalized spacial score (nSPS) is 12.7. The maximum atomic E-state index is 13.4. The van der Waals surface area contributed by atoms with E-state index in [4.69, 9.17) is 5.73 Å². The number of hydrogen-bond donors (Lipinski definition) is 2. The molecule has 3 N–H and O–H groups in total. The number of aliphatic hydroxyl groups excluding tert-OH is 1. The molecule has 0 unspecified atom stereocenters. The zero-order chi connectivity index (χ0) is 11.6. The van der Waals surface area contributed by atoms with E-state index in [1.54, 1.807) is 14.1 Å². The predicted molar refractivity (Wildman–Crippen MR) is 54.7 cm³/mol. The fraction of sp³-hybridized carbons (Fsp3) is 0.400. The van der Waals surface area contributed by atoms with Crippen molar-refractivity contribution < 1.29 is 13.9 Å². The lowest BCUT2D eigenvalue weighted by molar-refractivity contribution is 0.186. The molecular weight excluding hydrogens is 202 g/mol. The Bertz CT molecular complexity index is 356. The van der Waals surface area contributed by atoms with Crippen molar-refractivity contribution in [2.75, 3.05) is 25.5 Å². The second-order valence-electron chi connectivity index (χ2n) is 3.45. The van der Waals surface area contributed by atoms with Gasteiger partial charge in [0.15, 0.2) is 11.6 Å². The van der Waals surface area contributed by atoms with Crippen molar-refractivity contribution in [3.63, 3.8) is 0 Å².